The predicted molar refractivity (Wildman–Crippen MR) is 120 cm³/mol. The van der Waals surface area contributed by atoms with Gasteiger partial charge in [0.1, 0.15) is 0 Å². The lowest BCUT2D eigenvalue weighted by Crippen LogP contribution is -2.48. The molecule has 174 valence electrons. The second-order valence-electron chi connectivity index (χ2n) is 8.83. The molecular weight excluding hydrogens is 437 g/mol. The molecular formula is C24H29F3N2O2S. The van der Waals surface area contributed by atoms with E-state index in [-0.39, 0.29) is 0 Å². The zero-order valence-electron chi connectivity index (χ0n) is 18.0. The summed E-state index contributed by atoms with van der Waals surface area (Å²) in [6, 6.07) is 14.2. The van der Waals surface area contributed by atoms with Gasteiger partial charge in [0.15, 0.2) is 9.84 Å². The van der Waals surface area contributed by atoms with Crippen molar-refractivity contribution in [2.75, 3.05) is 37.6 Å². The van der Waals surface area contributed by atoms with E-state index in [0.29, 0.717) is 42.9 Å². The lowest BCUT2D eigenvalue weighted by atomic mass is 9.81. The van der Waals surface area contributed by atoms with Crippen LogP contribution in [0, 0.1) is 0 Å². The zero-order chi connectivity index (χ0) is 22.8. The van der Waals surface area contributed by atoms with Gasteiger partial charge in [0.25, 0.3) is 0 Å². The maximum atomic E-state index is 13.2. The second-order valence-corrected chi connectivity index (χ2v) is 11.2. The number of piperazine rings is 1. The minimum atomic E-state index is -4.34. The van der Waals surface area contributed by atoms with E-state index < -0.39 is 26.3 Å². The Morgan fingerprint density at radius 2 is 1.59 bits per heavy atom. The van der Waals surface area contributed by atoms with E-state index in [2.05, 4.69) is 4.90 Å². The fourth-order valence-electron chi connectivity index (χ4n) is 4.81. The Morgan fingerprint density at radius 3 is 2.19 bits per heavy atom. The number of benzene rings is 2. The number of halogens is 3. The average molecular weight is 467 g/mol. The van der Waals surface area contributed by atoms with E-state index in [9.17, 15) is 21.6 Å². The molecule has 2 aliphatic rings. The van der Waals surface area contributed by atoms with Crippen LogP contribution in [0.25, 0.3) is 0 Å². The first-order valence-electron chi connectivity index (χ1n) is 11.2. The van der Waals surface area contributed by atoms with Crippen LogP contribution in [0.15, 0.2) is 59.5 Å². The minimum Gasteiger partial charge on any atom is -0.369 e. The smallest absolute Gasteiger partial charge is 0.369 e. The van der Waals surface area contributed by atoms with Crippen LogP contribution < -0.4 is 4.90 Å². The van der Waals surface area contributed by atoms with E-state index >= 15 is 0 Å². The first kappa shape index (κ1) is 23.1. The third kappa shape index (κ3) is 4.66. The van der Waals surface area contributed by atoms with Crippen LogP contribution in [0.1, 0.15) is 37.7 Å². The quantitative estimate of drug-likeness (QED) is 0.576. The number of hydrogen-bond donors (Lipinski definition) is 0. The van der Waals surface area contributed by atoms with Gasteiger partial charge in [-0.2, -0.15) is 13.2 Å². The van der Waals surface area contributed by atoms with Crippen LogP contribution in [0.3, 0.4) is 0 Å². The largest absolute Gasteiger partial charge is 0.416 e. The molecule has 0 amide bonds. The van der Waals surface area contributed by atoms with Gasteiger partial charge in [-0.05, 0) is 62.6 Å². The second kappa shape index (κ2) is 9.06. The predicted octanol–water partition coefficient (Wildman–Crippen LogP) is 5.00. The van der Waals surface area contributed by atoms with Crippen LogP contribution >= 0.6 is 0 Å². The molecule has 0 radical (unpaired) electrons. The van der Waals surface area contributed by atoms with Gasteiger partial charge in [-0.25, -0.2) is 8.42 Å². The Kier molecular flexibility index (Phi) is 6.54. The van der Waals surface area contributed by atoms with Crippen molar-refractivity contribution in [2.45, 2.75) is 47.9 Å². The first-order chi connectivity index (χ1) is 15.2. The summed E-state index contributed by atoms with van der Waals surface area (Å²) < 4.78 is 64.8. The fraction of sp³-hybridized carbons (Fsp3) is 0.500. The van der Waals surface area contributed by atoms with Crippen LogP contribution in [-0.4, -0.2) is 50.8 Å². The highest BCUT2D eigenvalue weighted by atomic mass is 32.2. The molecule has 2 aromatic rings. The summed E-state index contributed by atoms with van der Waals surface area (Å²) in [5.41, 5.74) is -0.0234. The Hall–Kier alpha value is -2.06. The summed E-state index contributed by atoms with van der Waals surface area (Å²) in [6.07, 6.45) is -0.508. The summed E-state index contributed by atoms with van der Waals surface area (Å²) in [7, 11) is -3.35. The summed E-state index contributed by atoms with van der Waals surface area (Å²) >= 11 is 0. The average Bonchev–Trinajstić information content (AvgIpc) is 2.76. The van der Waals surface area contributed by atoms with Gasteiger partial charge in [-0.1, -0.05) is 30.7 Å². The van der Waals surface area contributed by atoms with Crippen molar-refractivity contribution in [1.82, 2.24) is 4.90 Å². The maximum Gasteiger partial charge on any atom is 0.416 e. The molecule has 0 N–H and O–H groups in total. The van der Waals surface area contributed by atoms with Gasteiger partial charge < -0.3 is 4.90 Å². The number of rotatable bonds is 7. The monoisotopic (exact) mass is 466 g/mol. The van der Waals surface area contributed by atoms with E-state index in [1.807, 2.05) is 11.0 Å². The van der Waals surface area contributed by atoms with Crippen LogP contribution in [0.5, 0.6) is 0 Å². The molecule has 0 atom stereocenters. The van der Waals surface area contributed by atoms with Crippen molar-refractivity contribution in [3.63, 3.8) is 0 Å². The number of hydrogen-bond acceptors (Lipinski definition) is 4. The van der Waals surface area contributed by atoms with Crippen molar-refractivity contribution in [3.8, 4) is 0 Å². The van der Waals surface area contributed by atoms with E-state index in [1.165, 1.54) is 12.1 Å². The third-order valence-corrected chi connectivity index (χ3v) is 9.55. The standard InChI is InChI=1S/C24H29F3N2O2S/c25-24(26,27)20-7-4-8-21(19-20)29-17-15-28(16-18-29)14-6-13-23(11-5-12-23)32(30,31)22-9-2-1-3-10-22/h1-4,7-10,19H,5-6,11-18H2. The molecule has 0 bridgehead atoms. The molecule has 4 nitrogen and oxygen atoms in total. The highest BCUT2D eigenvalue weighted by Gasteiger charge is 2.48. The van der Waals surface area contributed by atoms with Crippen molar-refractivity contribution in [2.24, 2.45) is 0 Å². The molecule has 8 heteroatoms. The van der Waals surface area contributed by atoms with E-state index in [4.69, 9.17) is 0 Å². The normalized spacial score (nSPS) is 19.5. The van der Waals surface area contributed by atoms with Gasteiger partial charge in [0.05, 0.1) is 15.2 Å². The van der Waals surface area contributed by atoms with Gasteiger partial charge in [-0.15, -0.1) is 0 Å². The molecule has 0 aromatic heterocycles. The fourth-order valence-corrected chi connectivity index (χ4v) is 7.06. The number of sulfone groups is 1. The molecule has 1 aliphatic carbocycles. The molecule has 2 fully saturated rings. The number of anilines is 1. The van der Waals surface area contributed by atoms with Crippen molar-refractivity contribution < 1.29 is 21.6 Å². The molecule has 0 spiro atoms. The molecule has 1 saturated heterocycles. The van der Waals surface area contributed by atoms with Crippen molar-refractivity contribution in [3.05, 3.63) is 60.2 Å². The Bertz CT molecular complexity index is 1010. The molecule has 0 unspecified atom stereocenters. The topological polar surface area (TPSA) is 40.6 Å². The molecule has 4 rings (SSSR count). The molecule has 32 heavy (non-hydrogen) atoms. The SMILES string of the molecule is O=S(=O)(c1ccccc1)C1(CCCN2CCN(c3cccc(C(F)(F)F)c3)CC2)CCC1. The maximum absolute atomic E-state index is 13.2. The Balaban J connectivity index is 1.30. The minimum absolute atomic E-state index is 0.411. The summed E-state index contributed by atoms with van der Waals surface area (Å²) in [5.74, 6) is 0. The lowest BCUT2D eigenvalue weighted by Gasteiger charge is -2.42. The molecule has 1 saturated carbocycles. The Morgan fingerprint density at radius 1 is 0.906 bits per heavy atom. The molecule has 1 aliphatic heterocycles. The number of nitrogens with zero attached hydrogens (tertiary/aromatic N) is 2. The first-order valence-corrected chi connectivity index (χ1v) is 12.6. The van der Waals surface area contributed by atoms with Gasteiger partial charge in [-0.3, -0.25) is 4.90 Å². The van der Waals surface area contributed by atoms with E-state index in [0.717, 1.165) is 38.5 Å². The van der Waals surface area contributed by atoms with E-state index in [1.54, 1.807) is 30.3 Å². The highest BCUT2D eigenvalue weighted by Crippen LogP contribution is 2.46. The van der Waals surface area contributed by atoms with Gasteiger partial charge >= 0.3 is 6.18 Å². The lowest BCUT2D eigenvalue weighted by molar-refractivity contribution is -0.137. The number of alkyl halides is 3. The van der Waals surface area contributed by atoms with Crippen molar-refractivity contribution in [1.29, 1.82) is 0 Å². The van der Waals surface area contributed by atoms with Crippen molar-refractivity contribution >= 4 is 15.5 Å². The molecule has 1 heterocycles. The van der Waals surface area contributed by atoms with Crippen LogP contribution in [0.4, 0.5) is 18.9 Å². The summed E-state index contributed by atoms with van der Waals surface area (Å²) in [4.78, 5) is 4.68. The van der Waals surface area contributed by atoms with Crippen LogP contribution in [0.2, 0.25) is 0 Å². The Labute approximate surface area is 187 Å². The zero-order valence-corrected chi connectivity index (χ0v) is 18.8. The summed E-state index contributed by atoms with van der Waals surface area (Å²) in [6.45, 7) is 3.65. The van der Waals surface area contributed by atoms with Crippen LogP contribution in [-0.2, 0) is 16.0 Å². The molecule has 2 aromatic carbocycles. The van der Waals surface area contributed by atoms with Gasteiger partial charge in [0, 0.05) is 31.9 Å². The highest BCUT2D eigenvalue weighted by molar-refractivity contribution is 7.93. The third-order valence-electron chi connectivity index (χ3n) is 6.91. The summed E-state index contributed by atoms with van der Waals surface area (Å²) in [5, 5.41) is 0. The van der Waals surface area contributed by atoms with Gasteiger partial charge in [0.2, 0.25) is 0 Å².